The third kappa shape index (κ3) is 1.64. The van der Waals surface area contributed by atoms with Crippen LogP contribution in [0.3, 0.4) is 0 Å². The molecular formula is C9H10N4O5. The van der Waals surface area contributed by atoms with Crippen LogP contribution < -0.4 is 5.73 Å². The van der Waals surface area contributed by atoms with E-state index < -0.39 is 33.0 Å². The molecule has 2 N–H and O–H groups in total. The lowest BCUT2D eigenvalue weighted by Gasteiger charge is -2.29. The Hall–Kier alpha value is -2.29. The molecule has 1 aliphatic heterocycles. The Morgan fingerprint density at radius 2 is 2.06 bits per heavy atom. The normalized spacial score (nSPS) is 30.7. The van der Waals surface area contributed by atoms with Gasteiger partial charge in [-0.3, -0.25) is 25.0 Å². The Balaban J connectivity index is 2.54. The van der Waals surface area contributed by atoms with E-state index in [2.05, 4.69) is 0 Å². The molecule has 2 atom stereocenters. The molecule has 1 fully saturated rings. The maximum atomic E-state index is 11.3. The van der Waals surface area contributed by atoms with Crippen molar-refractivity contribution in [3.05, 3.63) is 44.2 Å². The van der Waals surface area contributed by atoms with Crippen molar-refractivity contribution in [1.29, 1.82) is 0 Å². The molecule has 0 aromatic carbocycles. The lowest BCUT2D eigenvalue weighted by atomic mass is 9.86. The zero-order chi connectivity index (χ0) is 13.5. The number of carbonyl (C=O) groups excluding carboxylic acids is 1. The van der Waals surface area contributed by atoms with Gasteiger partial charge in [0.1, 0.15) is 5.92 Å². The average molecular weight is 254 g/mol. The summed E-state index contributed by atoms with van der Waals surface area (Å²) in [5, 5.41) is 22.0. The summed E-state index contributed by atoms with van der Waals surface area (Å²) in [7, 11) is 0. The lowest BCUT2D eigenvalue weighted by Crippen LogP contribution is -2.55. The summed E-state index contributed by atoms with van der Waals surface area (Å²) < 4.78 is 0. The summed E-state index contributed by atoms with van der Waals surface area (Å²) in [6.07, 6.45) is 3.09. The zero-order valence-electron chi connectivity index (χ0n) is 9.18. The molecule has 0 bridgehead atoms. The number of amides is 1. The van der Waals surface area contributed by atoms with Gasteiger partial charge in [-0.25, -0.2) is 4.90 Å². The molecule has 0 radical (unpaired) electrons. The number of allylic oxidation sites excluding steroid dienone is 1. The number of nitrogens with zero attached hydrogens (tertiary/aromatic N) is 3. The number of rotatable bonds is 4. The Morgan fingerprint density at radius 1 is 1.44 bits per heavy atom. The Bertz CT molecular complexity index is 495. The fourth-order valence-corrected chi connectivity index (χ4v) is 2.09. The van der Waals surface area contributed by atoms with Crippen LogP contribution in [0.15, 0.2) is 23.9 Å². The topological polar surface area (TPSA) is 132 Å². The van der Waals surface area contributed by atoms with Crippen LogP contribution in [0.1, 0.15) is 0 Å². The fourth-order valence-electron chi connectivity index (χ4n) is 2.09. The molecule has 1 heterocycles. The van der Waals surface area contributed by atoms with Crippen LogP contribution in [0.5, 0.6) is 0 Å². The van der Waals surface area contributed by atoms with Crippen LogP contribution in [0.25, 0.3) is 0 Å². The van der Waals surface area contributed by atoms with Gasteiger partial charge in [-0.2, -0.15) is 0 Å². The van der Waals surface area contributed by atoms with E-state index in [1.54, 1.807) is 0 Å². The van der Waals surface area contributed by atoms with Gasteiger partial charge < -0.3 is 5.73 Å². The molecule has 0 spiro atoms. The predicted molar refractivity (Wildman–Crippen MR) is 58.2 cm³/mol. The number of nitrogens with two attached hydrogens (primary N) is 1. The third-order valence-electron chi connectivity index (χ3n) is 3.04. The molecule has 9 heteroatoms. The second kappa shape index (κ2) is 3.88. The van der Waals surface area contributed by atoms with E-state index >= 15 is 0 Å². The summed E-state index contributed by atoms with van der Waals surface area (Å²) in [5.74, 6) is -2.09. The first-order chi connectivity index (χ1) is 8.39. The average Bonchev–Trinajstić information content (AvgIpc) is 3.11. The number of hydrogen-bond donors (Lipinski definition) is 1. The van der Waals surface area contributed by atoms with Gasteiger partial charge in [0, 0.05) is 24.1 Å². The Morgan fingerprint density at radius 3 is 2.44 bits per heavy atom. The summed E-state index contributed by atoms with van der Waals surface area (Å²) in [6, 6.07) is 0. The molecule has 1 amide bonds. The first-order valence-electron chi connectivity index (χ1n) is 5.14. The van der Waals surface area contributed by atoms with Gasteiger partial charge >= 0.3 is 5.66 Å². The minimum atomic E-state index is -1.93. The highest BCUT2D eigenvalue weighted by molar-refractivity contribution is 5.81. The minimum Gasteiger partial charge on any atom is -0.369 e. The van der Waals surface area contributed by atoms with Gasteiger partial charge in [0.05, 0.1) is 11.0 Å². The van der Waals surface area contributed by atoms with Gasteiger partial charge in [-0.05, 0) is 0 Å². The Kier molecular flexibility index (Phi) is 2.62. The zero-order valence-corrected chi connectivity index (χ0v) is 9.18. The molecule has 2 aliphatic rings. The lowest BCUT2D eigenvalue weighted by molar-refractivity contribution is -0.584. The number of carbonyl (C=O) groups is 1. The monoisotopic (exact) mass is 254 g/mol. The van der Waals surface area contributed by atoms with E-state index in [0.29, 0.717) is 13.1 Å². The molecule has 0 aromatic heterocycles. The van der Waals surface area contributed by atoms with Crippen molar-refractivity contribution in [3.8, 4) is 0 Å². The first-order valence-corrected chi connectivity index (χ1v) is 5.14. The van der Waals surface area contributed by atoms with Gasteiger partial charge in [0.25, 0.3) is 5.70 Å². The first kappa shape index (κ1) is 12.2. The molecule has 0 saturated carbocycles. The van der Waals surface area contributed by atoms with Crippen molar-refractivity contribution in [3.63, 3.8) is 0 Å². The summed E-state index contributed by atoms with van der Waals surface area (Å²) >= 11 is 0. The smallest absolute Gasteiger partial charge is 0.318 e. The summed E-state index contributed by atoms with van der Waals surface area (Å²) in [6.45, 7) is 0.806. The number of primary amides is 1. The molecule has 9 nitrogen and oxygen atoms in total. The highest BCUT2D eigenvalue weighted by atomic mass is 16.6. The fraction of sp³-hybridized carbons (Fsp3) is 0.444. The molecule has 18 heavy (non-hydrogen) atoms. The van der Waals surface area contributed by atoms with E-state index in [4.69, 9.17) is 5.73 Å². The van der Waals surface area contributed by atoms with Gasteiger partial charge in [-0.1, -0.05) is 6.08 Å². The van der Waals surface area contributed by atoms with Crippen LogP contribution >= 0.6 is 0 Å². The van der Waals surface area contributed by atoms with Crippen LogP contribution in [-0.4, -0.2) is 39.4 Å². The molecule has 96 valence electrons. The number of hydrogen-bond acceptors (Lipinski definition) is 6. The van der Waals surface area contributed by atoms with Gasteiger partial charge in [-0.15, -0.1) is 0 Å². The van der Waals surface area contributed by atoms with E-state index in [9.17, 15) is 25.0 Å². The van der Waals surface area contributed by atoms with Gasteiger partial charge in [0.15, 0.2) is 0 Å². The molecule has 1 saturated heterocycles. The largest absolute Gasteiger partial charge is 0.369 e. The molecular weight excluding hydrogens is 244 g/mol. The van der Waals surface area contributed by atoms with E-state index in [-0.39, 0.29) is 0 Å². The van der Waals surface area contributed by atoms with Crippen LogP contribution in [0.4, 0.5) is 0 Å². The van der Waals surface area contributed by atoms with Crippen molar-refractivity contribution in [2.45, 2.75) is 5.66 Å². The maximum Gasteiger partial charge on any atom is 0.318 e. The number of nitro groups is 2. The standard InChI is InChI=1S/C9H10N4O5/c10-8(14)7-2-1-6(12(15)16)5-9(7,13(17)18)11-3-4-11/h1-2,5,7H,3-4H2,(H2,10,14). The van der Waals surface area contributed by atoms with E-state index in [1.807, 2.05) is 0 Å². The molecule has 0 aromatic rings. The minimum absolute atomic E-state index is 0.403. The van der Waals surface area contributed by atoms with E-state index in [0.717, 1.165) is 18.2 Å². The second-order valence-electron chi connectivity index (χ2n) is 4.09. The molecule has 1 aliphatic carbocycles. The predicted octanol–water partition coefficient (Wildman–Crippen LogP) is -0.893. The highest BCUT2D eigenvalue weighted by Gasteiger charge is 2.61. The third-order valence-corrected chi connectivity index (χ3v) is 3.04. The summed E-state index contributed by atoms with van der Waals surface area (Å²) in [4.78, 5) is 33.3. The van der Waals surface area contributed by atoms with Crippen LogP contribution in [-0.2, 0) is 4.79 Å². The van der Waals surface area contributed by atoms with Crippen LogP contribution in [0.2, 0.25) is 0 Å². The Labute approximate surface area is 101 Å². The molecule has 2 unspecified atom stereocenters. The quantitative estimate of drug-likeness (QED) is 0.393. The molecule has 2 rings (SSSR count). The van der Waals surface area contributed by atoms with Crippen molar-refractivity contribution in [2.75, 3.05) is 13.1 Å². The van der Waals surface area contributed by atoms with Crippen molar-refractivity contribution in [2.24, 2.45) is 11.7 Å². The second-order valence-corrected chi connectivity index (χ2v) is 4.09. The maximum absolute atomic E-state index is 11.3. The van der Waals surface area contributed by atoms with Crippen molar-refractivity contribution in [1.82, 2.24) is 4.90 Å². The van der Waals surface area contributed by atoms with Crippen LogP contribution in [0, 0.1) is 26.1 Å². The van der Waals surface area contributed by atoms with Gasteiger partial charge in [0.2, 0.25) is 5.91 Å². The summed E-state index contributed by atoms with van der Waals surface area (Å²) in [5.41, 5.74) is 2.81. The van der Waals surface area contributed by atoms with E-state index in [1.165, 1.54) is 4.90 Å². The van der Waals surface area contributed by atoms with Crippen molar-refractivity contribution >= 4 is 5.91 Å². The SMILES string of the molecule is NC(=O)C1C=CC([N+](=O)[O-])=CC1(N1CC1)[N+](=O)[O-]. The van der Waals surface area contributed by atoms with Crippen molar-refractivity contribution < 1.29 is 14.6 Å². The highest BCUT2D eigenvalue weighted by Crippen LogP contribution is 2.37.